The smallest absolute Gasteiger partial charge is 0.255 e. The molecule has 1 aromatic carbocycles. The lowest BCUT2D eigenvalue weighted by atomic mass is 9.57. The molecule has 0 radical (unpaired) electrons. The fraction of sp³-hybridized carbons (Fsp3) is 0.452. The van der Waals surface area contributed by atoms with Gasteiger partial charge in [-0.1, -0.05) is 7.43 Å². The molecule has 224 valence electrons. The number of amides is 1. The number of furan rings is 1. The predicted octanol–water partition coefficient (Wildman–Crippen LogP) is 2.46. The molecule has 2 aromatic rings. The first kappa shape index (κ1) is 29.6. The summed E-state index contributed by atoms with van der Waals surface area (Å²) >= 11 is 0. The van der Waals surface area contributed by atoms with Crippen LogP contribution in [0.1, 0.15) is 43.6 Å². The SMILES string of the molecule is C.CN(C)[C@H]1C(=O)C(C(N)=O)=C(O)[C@@]2(O)C(=O)C3=C(O)c4c(O)ccc(-c5ccc(CN6CCCC6)o5)c4C[C@H]3C[C@@H]12. The van der Waals surface area contributed by atoms with Crippen molar-refractivity contribution in [3.8, 4) is 17.1 Å². The third-order valence-electron chi connectivity index (χ3n) is 9.11. The van der Waals surface area contributed by atoms with Gasteiger partial charge in [0, 0.05) is 17.1 Å². The second-order valence-corrected chi connectivity index (χ2v) is 11.7. The summed E-state index contributed by atoms with van der Waals surface area (Å²) in [6, 6.07) is 5.72. The molecule has 4 aliphatic rings. The number of phenols is 1. The Hall–Kier alpha value is -3.93. The maximum absolute atomic E-state index is 14.0. The molecule has 11 heteroatoms. The number of hydrogen-bond donors (Lipinski definition) is 5. The Labute approximate surface area is 243 Å². The van der Waals surface area contributed by atoms with Gasteiger partial charge in [0.15, 0.2) is 11.4 Å². The van der Waals surface area contributed by atoms with Crippen molar-refractivity contribution in [3.05, 3.63) is 58.1 Å². The van der Waals surface area contributed by atoms with Crippen LogP contribution in [0.3, 0.4) is 0 Å². The topological polar surface area (TPSA) is 178 Å². The number of benzene rings is 1. The van der Waals surface area contributed by atoms with E-state index in [0.29, 0.717) is 23.4 Å². The molecule has 6 rings (SSSR count). The molecule has 6 N–H and O–H groups in total. The van der Waals surface area contributed by atoms with Gasteiger partial charge in [-0.15, -0.1) is 0 Å². The van der Waals surface area contributed by atoms with E-state index in [4.69, 9.17) is 10.2 Å². The van der Waals surface area contributed by atoms with Gasteiger partial charge in [0.1, 0.15) is 34.4 Å². The van der Waals surface area contributed by atoms with E-state index in [1.807, 2.05) is 12.1 Å². The van der Waals surface area contributed by atoms with E-state index < -0.39 is 58.0 Å². The molecule has 1 aromatic heterocycles. The van der Waals surface area contributed by atoms with E-state index in [9.17, 15) is 34.8 Å². The number of aliphatic hydroxyl groups excluding tert-OH is 2. The fourth-order valence-corrected chi connectivity index (χ4v) is 7.24. The standard InChI is InChI=1S/C30H33N3O8.CH4/c1-32(2)24-18-12-14-11-17-16(20-8-5-15(41-20)13-33-9-3-4-10-33)6-7-19(34)22(17)25(35)21(14)27(37)30(18,40)28(38)23(26(24)36)29(31)39;/h5-8,14,18,24,34-35,38,40H,3-4,9-13H2,1-2H3,(H2,31,39);1H4/t14-,18-,24+,30-;/m0./s1. The highest BCUT2D eigenvalue weighted by atomic mass is 16.4. The summed E-state index contributed by atoms with van der Waals surface area (Å²) in [5.74, 6) is -5.41. The molecule has 4 atom stereocenters. The fourth-order valence-electron chi connectivity index (χ4n) is 7.24. The van der Waals surface area contributed by atoms with E-state index in [1.54, 1.807) is 20.2 Å². The van der Waals surface area contributed by atoms with Crippen LogP contribution in [0.25, 0.3) is 17.1 Å². The Morgan fingerprint density at radius 1 is 1.12 bits per heavy atom. The summed E-state index contributed by atoms with van der Waals surface area (Å²) in [6.07, 6.45) is 2.53. The highest BCUT2D eigenvalue weighted by Gasteiger charge is 2.64. The minimum atomic E-state index is -2.66. The van der Waals surface area contributed by atoms with Gasteiger partial charge in [0.2, 0.25) is 5.78 Å². The summed E-state index contributed by atoms with van der Waals surface area (Å²) in [7, 11) is 3.14. The quantitative estimate of drug-likeness (QED) is 0.331. The molecular weight excluding hydrogens is 542 g/mol. The molecule has 1 saturated carbocycles. The van der Waals surface area contributed by atoms with E-state index >= 15 is 0 Å². The first-order valence-corrected chi connectivity index (χ1v) is 13.8. The number of aliphatic hydroxyl groups is 3. The van der Waals surface area contributed by atoms with Crippen LogP contribution in [0.2, 0.25) is 0 Å². The number of likely N-dealkylation sites (tertiary alicyclic amines) is 1. The molecule has 1 amide bonds. The molecule has 0 unspecified atom stereocenters. The summed E-state index contributed by atoms with van der Waals surface area (Å²) < 4.78 is 6.18. The first-order valence-electron chi connectivity index (χ1n) is 13.8. The van der Waals surface area contributed by atoms with Crippen molar-refractivity contribution in [1.29, 1.82) is 0 Å². The normalized spacial score (nSPS) is 27.6. The molecule has 11 nitrogen and oxygen atoms in total. The summed E-state index contributed by atoms with van der Waals surface area (Å²) in [4.78, 5) is 43.2. The van der Waals surface area contributed by atoms with Gasteiger partial charge in [-0.05, 0) is 88.6 Å². The number of ketones is 2. The number of likely N-dealkylation sites (N-methyl/N-ethyl adjacent to an activating group) is 1. The van der Waals surface area contributed by atoms with Crippen molar-refractivity contribution < 1.29 is 39.2 Å². The molecule has 42 heavy (non-hydrogen) atoms. The lowest BCUT2D eigenvalue weighted by Crippen LogP contribution is -2.65. The lowest BCUT2D eigenvalue weighted by Gasteiger charge is -2.50. The number of rotatable bonds is 5. The van der Waals surface area contributed by atoms with Gasteiger partial charge in [0.25, 0.3) is 5.91 Å². The van der Waals surface area contributed by atoms with Crippen LogP contribution < -0.4 is 5.73 Å². The van der Waals surface area contributed by atoms with Crippen molar-refractivity contribution in [1.82, 2.24) is 9.80 Å². The van der Waals surface area contributed by atoms with Gasteiger partial charge < -0.3 is 30.6 Å². The van der Waals surface area contributed by atoms with E-state index in [2.05, 4.69) is 4.90 Å². The Morgan fingerprint density at radius 2 is 1.81 bits per heavy atom. The first-order chi connectivity index (χ1) is 19.4. The Morgan fingerprint density at radius 3 is 2.45 bits per heavy atom. The number of aromatic hydroxyl groups is 1. The summed E-state index contributed by atoms with van der Waals surface area (Å²) in [5.41, 5.74) is 2.95. The zero-order valence-corrected chi connectivity index (χ0v) is 22.9. The van der Waals surface area contributed by atoms with Crippen molar-refractivity contribution >= 4 is 23.2 Å². The predicted molar refractivity (Wildman–Crippen MR) is 153 cm³/mol. The second-order valence-electron chi connectivity index (χ2n) is 11.7. The average Bonchev–Trinajstić information content (AvgIpc) is 3.59. The van der Waals surface area contributed by atoms with Gasteiger partial charge in [-0.25, -0.2) is 0 Å². The average molecular weight is 580 g/mol. The zero-order valence-electron chi connectivity index (χ0n) is 22.9. The number of carbonyl (C=O) groups excluding carboxylic acids is 3. The van der Waals surface area contributed by atoms with E-state index in [1.165, 1.54) is 11.0 Å². The van der Waals surface area contributed by atoms with Crippen LogP contribution in [0.5, 0.6) is 5.75 Å². The number of nitrogens with zero attached hydrogens (tertiary/aromatic N) is 2. The van der Waals surface area contributed by atoms with Crippen molar-refractivity contribution in [2.75, 3.05) is 27.2 Å². The van der Waals surface area contributed by atoms with Gasteiger partial charge in [-0.2, -0.15) is 0 Å². The molecule has 1 aliphatic heterocycles. The van der Waals surface area contributed by atoms with E-state index in [-0.39, 0.29) is 37.2 Å². The Balaban J connectivity index is 0.00000353. The number of hydrogen-bond acceptors (Lipinski definition) is 10. The molecule has 2 heterocycles. The van der Waals surface area contributed by atoms with Crippen LogP contribution in [-0.4, -0.2) is 86.5 Å². The highest BCUT2D eigenvalue weighted by molar-refractivity contribution is 6.24. The van der Waals surface area contributed by atoms with Crippen LogP contribution in [0.4, 0.5) is 0 Å². The summed E-state index contributed by atoms with van der Waals surface area (Å²) in [6.45, 7) is 2.70. The van der Waals surface area contributed by atoms with Gasteiger partial charge in [0.05, 0.1) is 18.2 Å². The molecular formula is C31H37N3O8. The Kier molecular flexibility index (Phi) is 7.33. The number of phenolic OH excluding ortho intramolecular Hbond substituents is 1. The molecule has 3 aliphatic carbocycles. The largest absolute Gasteiger partial charge is 0.508 e. The molecule has 0 spiro atoms. The van der Waals surface area contributed by atoms with Crippen molar-refractivity contribution in [2.45, 2.75) is 51.3 Å². The van der Waals surface area contributed by atoms with Crippen LogP contribution in [0.15, 0.2) is 45.6 Å². The zero-order chi connectivity index (χ0) is 29.4. The highest BCUT2D eigenvalue weighted by Crippen LogP contribution is 2.53. The third kappa shape index (κ3) is 4.18. The maximum atomic E-state index is 14.0. The number of fused-ring (bicyclic) bond motifs is 3. The van der Waals surface area contributed by atoms with Crippen molar-refractivity contribution in [2.24, 2.45) is 17.6 Å². The van der Waals surface area contributed by atoms with Gasteiger partial charge in [-0.3, -0.25) is 24.2 Å². The van der Waals surface area contributed by atoms with Crippen LogP contribution in [-0.2, 0) is 27.3 Å². The van der Waals surface area contributed by atoms with Gasteiger partial charge >= 0.3 is 0 Å². The number of primary amides is 1. The number of carbonyl (C=O) groups is 3. The number of Topliss-reactive ketones (excluding diaryl/α,β-unsaturated/α-hetero) is 2. The minimum absolute atomic E-state index is 0. The monoisotopic (exact) mass is 579 g/mol. The third-order valence-corrected chi connectivity index (χ3v) is 9.11. The molecule has 1 saturated heterocycles. The minimum Gasteiger partial charge on any atom is -0.508 e. The van der Waals surface area contributed by atoms with Crippen LogP contribution >= 0.6 is 0 Å². The summed E-state index contributed by atoms with van der Waals surface area (Å²) in [5, 5.41) is 45.0. The second kappa shape index (κ2) is 10.4. The lowest BCUT2D eigenvalue weighted by molar-refractivity contribution is -0.153. The molecule has 2 fully saturated rings. The maximum Gasteiger partial charge on any atom is 0.255 e. The van der Waals surface area contributed by atoms with Crippen molar-refractivity contribution in [3.63, 3.8) is 0 Å². The molecule has 0 bridgehead atoms. The Bertz CT molecular complexity index is 1550. The number of nitrogens with two attached hydrogens (primary N) is 1. The van der Waals surface area contributed by atoms with Crippen LogP contribution in [0, 0.1) is 11.8 Å². The van der Waals surface area contributed by atoms with E-state index in [0.717, 1.165) is 31.7 Å².